The van der Waals surface area contributed by atoms with Crippen LogP contribution in [0.5, 0.6) is 0 Å². The van der Waals surface area contributed by atoms with Crippen LogP contribution in [0.3, 0.4) is 0 Å². The van der Waals surface area contributed by atoms with E-state index in [2.05, 4.69) is 18.6 Å². The van der Waals surface area contributed by atoms with Crippen LogP contribution in [0.25, 0.3) is 0 Å². The molecule has 2 nitrogen and oxygen atoms in total. The number of methoxy groups -OCH3 is 1. The predicted molar refractivity (Wildman–Crippen MR) is 46.7 cm³/mol. The maximum atomic E-state index is 11.0. The van der Waals surface area contributed by atoms with E-state index in [4.69, 9.17) is 0 Å². The van der Waals surface area contributed by atoms with Crippen LogP contribution >= 0.6 is 0 Å². The molecule has 0 bridgehead atoms. The van der Waals surface area contributed by atoms with Crippen molar-refractivity contribution in [2.24, 2.45) is 0 Å². The Kier molecular flexibility index (Phi) is 8.29. The van der Waals surface area contributed by atoms with Gasteiger partial charge in [0, 0.05) is 42.1 Å². The molecular formula is C10H10O2W2-2. The van der Waals surface area contributed by atoms with E-state index in [1.807, 2.05) is 0 Å². The summed E-state index contributed by atoms with van der Waals surface area (Å²) in [4.78, 5) is 11.0. The number of rotatable bonds is 1. The van der Waals surface area contributed by atoms with E-state index in [-0.39, 0.29) is 48.1 Å². The van der Waals surface area contributed by atoms with Gasteiger partial charge in [0.05, 0.1) is 7.11 Å². The second-order valence-corrected chi connectivity index (χ2v) is 2.53. The van der Waals surface area contributed by atoms with E-state index in [1.54, 1.807) is 18.2 Å². The van der Waals surface area contributed by atoms with Crippen LogP contribution in [0.15, 0.2) is 18.2 Å². The minimum atomic E-state index is -0.356. The molecule has 0 N–H and O–H groups in total. The van der Waals surface area contributed by atoms with E-state index in [9.17, 15) is 4.79 Å². The second kappa shape index (κ2) is 7.15. The van der Waals surface area contributed by atoms with Gasteiger partial charge < -0.3 is 4.74 Å². The molecule has 0 aliphatic rings. The monoisotopic (exact) mass is 530 g/mol. The molecule has 0 unspecified atom stereocenters. The number of benzene rings is 1. The second-order valence-electron chi connectivity index (χ2n) is 2.53. The minimum absolute atomic E-state index is 0. The molecule has 0 fully saturated rings. The van der Waals surface area contributed by atoms with Crippen LogP contribution < -0.4 is 0 Å². The van der Waals surface area contributed by atoms with E-state index in [0.29, 0.717) is 5.56 Å². The molecule has 0 spiro atoms. The van der Waals surface area contributed by atoms with Crippen molar-refractivity contribution in [3.05, 3.63) is 48.7 Å². The summed E-state index contributed by atoms with van der Waals surface area (Å²) in [6, 6.07) is 5.13. The Morgan fingerprint density at radius 1 is 1.14 bits per heavy atom. The van der Waals surface area contributed by atoms with E-state index < -0.39 is 0 Å². The molecule has 0 amide bonds. The first kappa shape index (κ1) is 16.2. The van der Waals surface area contributed by atoms with Crippen LogP contribution in [0.4, 0.5) is 0 Å². The number of carbonyl (C=O) groups is 1. The molecule has 0 saturated carbocycles. The SMILES string of the molecule is [CH2-]c1cc([CH2-])cc(C(=O)OC)c1.[W].[W]. The summed E-state index contributed by atoms with van der Waals surface area (Å²) in [5.41, 5.74) is 2.03. The van der Waals surface area contributed by atoms with E-state index in [0.717, 1.165) is 11.1 Å². The molecule has 1 rings (SSSR count). The summed E-state index contributed by atoms with van der Waals surface area (Å²) >= 11 is 0. The normalized spacial score (nSPS) is 8.07. The summed E-state index contributed by atoms with van der Waals surface area (Å²) in [7, 11) is 1.35. The number of esters is 1. The summed E-state index contributed by atoms with van der Waals surface area (Å²) < 4.78 is 4.55. The molecule has 0 atom stereocenters. The van der Waals surface area contributed by atoms with Crippen molar-refractivity contribution in [3.8, 4) is 0 Å². The third-order valence-electron chi connectivity index (χ3n) is 1.47. The molecule has 1 aromatic rings. The van der Waals surface area contributed by atoms with Crippen molar-refractivity contribution >= 4 is 5.97 Å². The average Bonchev–Trinajstić information content (AvgIpc) is 2.01. The predicted octanol–water partition coefficient (Wildman–Crippen LogP) is 1.83. The van der Waals surface area contributed by atoms with Gasteiger partial charge in [0.1, 0.15) is 0 Å². The third kappa shape index (κ3) is 4.35. The molecule has 0 aliphatic carbocycles. The van der Waals surface area contributed by atoms with Gasteiger partial charge in [-0.25, -0.2) is 4.79 Å². The van der Waals surface area contributed by atoms with Gasteiger partial charge in [-0.05, 0) is 0 Å². The molecule has 0 aromatic heterocycles. The van der Waals surface area contributed by atoms with Crippen LogP contribution in [-0.2, 0) is 46.9 Å². The van der Waals surface area contributed by atoms with Gasteiger partial charge in [0.2, 0.25) is 0 Å². The molecule has 0 aliphatic heterocycles. The maximum absolute atomic E-state index is 11.0. The van der Waals surface area contributed by atoms with Crippen LogP contribution in [0.2, 0.25) is 0 Å². The fourth-order valence-electron chi connectivity index (χ4n) is 0.998. The Balaban J connectivity index is 0. The Hall–Kier alpha value is -0.193. The van der Waals surface area contributed by atoms with Crippen molar-refractivity contribution in [1.82, 2.24) is 0 Å². The third-order valence-corrected chi connectivity index (χ3v) is 1.47. The standard InChI is InChI=1S/C10H10O2.2W/c1-7-4-8(2)6-9(5-7)10(11)12-3;;/h4-6H,1-2H2,3H3;;/q-2;;. The summed E-state index contributed by atoms with van der Waals surface area (Å²) in [6.45, 7) is 7.42. The first-order valence-electron chi connectivity index (χ1n) is 3.51. The zero-order valence-electron chi connectivity index (χ0n) is 7.78. The first-order chi connectivity index (χ1) is 5.63. The maximum Gasteiger partial charge on any atom is 0.313 e. The quantitative estimate of drug-likeness (QED) is 0.410. The van der Waals surface area contributed by atoms with Crippen LogP contribution in [0.1, 0.15) is 21.5 Å². The van der Waals surface area contributed by atoms with Crippen molar-refractivity contribution in [2.45, 2.75) is 0 Å². The van der Waals surface area contributed by atoms with Crippen LogP contribution in [-0.4, -0.2) is 13.1 Å². The summed E-state index contributed by atoms with van der Waals surface area (Å²) in [5.74, 6) is -0.356. The van der Waals surface area contributed by atoms with E-state index in [1.165, 1.54) is 7.11 Å². The van der Waals surface area contributed by atoms with Gasteiger partial charge in [0.15, 0.2) is 0 Å². The molecular weight excluding hydrogens is 520 g/mol. The van der Waals surface area contributed by atoms with Gasteiger partial charge in [-0.2, -0.15) is 43.2 Å². The summed E-state index contributed by atoms with van der Waals surface area (Å²) in [5, 5.41) is 0. The van der Waals surface area contributed by atoms with Gasteiger partial charge in [-0.1, -0.05) is 5.56 Å². The smallest absolute Gasteiger partial charge is 0.313 e. The molecule has 0 radical (unpaired) electrons. The Morgan fingerprint density at radius 2 is 1.57 bits per heavy atom. The van der Waals surface area contributed by atoms with E-state index >= 15 is 0 Å². The van der Waals surface area contributed by atoms with Gasteiger partial charge >= 0.3 is 5.97 Å². The zero-order chi connectivity index (χ0) is 9.14. The van der Waals surface area contributed by atoms with Gasteiger partial charge in [0.25, 0.3) is 0 Å². The molecule has 14 heavy (non-hydrogen) atoms. The molecule has 0 heterocycles. The number of carbonyl (C=O) groups excluding carboxylic acids is 1. The number of ether oxygens (including phenoxy) is 1. The fraction of sp³-hybridized carbons (Fsp3) is 0.100. The number of hydrogen-bond donors (Lipinski definition) is 0. The fourth-order valence-corrected chi connectivity index (χ4v) is 0.998. The Labute approximate surface area is 113 Å². The minimum Gasteiger partial charge on any atom is -0.467 e. The Morgan fingerprint density at radius 3 is 1.93 bits per heavy atom. The van der Waals surface area contributed by atoms with Crippen molar-refractivity contribution in [1.29, 1.82) is 0 Å². The van der Waals surface area contributed by atoms with Gasteiger partial charge in [-0.15, -0.1) is 0 Å². The molecule has 76 valence electrons. The van der Waals surface area contributed by atoms with Crippen molar-refractivity contribution in [2.75, 3.05) is 7.11 Å². The average molecular weight is 530 g/mol. The molecule has 0 saturated heterocycles. The largest absolute Gasteiger partial charge is 0.467 e. The Bertz CT molecular complexity index is 291. The molecule has 4 heteroatoms. The van der Waals surface area contributed by atoms with Crippen molar-refractivity contribution < 1.29 is 51.7 Å². The topological polar surface area (TPSA) is 26.3 Å². The number of hydrogen-bond acceptors (Lipinski definition) is 2. The zero-order valence-corrected chi connectivity index (χ0v) is 13.6. The molecule has 1 aromatic carbocycles. The summed E-state index contributed by atoms with van der Waals surface area (Å²) in [6.07, 6.45) is 0. The van der Waals surface area contributed by atoms with Crippen molar-refractivity contribution in [3.63, 3.8) is 0 Å². The van der Waals surface area contributed by atoms with Gasteiger partial charge in [-0.3, -0.25) is 0 Å². The van der Waals surface area contributed by atoms with Crippen LogP contribution in [0, 0.1) is 13.8 Å². The first-order valence-corrected chi connectivity index (χ1v) is 3.51.